The Bertz CT molecular complexity index is 1320. The van der Waals surface area contributed by atoms with E-state index in [0.29, 0.717) is 6.54 Å². The lowest BCUT2D eigenvalue weighted by Crippen LogP contribution is -2.41. The Morgan fingerprint density at radius 1 is 0.780 bits per heavy atom. The van der Waals surface area contributed by atoms with Gasteiger partial charge in [0.25, 0.3) is 0 Å². The van der Waals surface area contributed by atoms with Crippen LogP contribution in [0.4, 0.5) is 4.79 Å². The van der Waals surface area contributed by atoms with Gasteiger partial charge in [0.15, 0.2) is 0 Å². The van der Waals surface area contributed by atoms with Gasteiger partial charge in [-0.3, -0.25) is 0 Å². The van der Waals surface area contributed by atoms with E-state index in [2.05, 4.69) is 95.3 Å². The number of carbonyl (C=O) groups is 1. The molecule has 3 aromatic carbocycles. The van der Waals surface area contributed by atoms with Crippen molar-refractivity contribution in [1.29, 1.82) is 0 Å². The van der Waals surface area contributed by atoms with E-state index < -0.39 is 7.12 Å². The topological polar surface area (TPSA) is 57.2 Å². The Hall–Kier alpha value is -3.55. The summed E-state index contributed by atoms with van der Waals surface area (Å²) in [6, 6.07) is 27.1. The van der Waals surface area contributed by atoms with Crippen molar-refractivity contribution in [3.63, 3.8) is 0 Å². The standard InChI is InChI=1S/C34H42BNO5/c1-8-30(25-13-11-10-12-14-25)31(26-15-19-28(20-16-26)35-40-33(3,4)34(5,6)41-35)27-17-21-29(22-18-27)38-23-24-39-32(37)36(7)9-2/h10-22H,8-9,23-24H2,1-7H3/b31-30-. The molecule has 0 saturated carbocycles. The van der Waals surface area contributed by atoms with Crippen LogP contribution in [0.15, 0.2) is 78.9 Å². The van der Waals surface area contributed by atoms with Crippen LogP contribution < -0.4 is 10.2 Å². The van der Waals surface area contributed by atoms with Crippen LogP contribution in [-0.4, -0.2) is 56.1 Å². The van der Waals surface area contributed by atoms with E-state index in [4.69, 9.17) is 18.8 Å². The fourth-order valence-corrected chi connectivity index (χ4v) is 4.71. The number of hydrogen-bond acceptors (Lipinski definition) is 5. The number of nitrogens with zero attached hydrogens (tertiary/aromatic N) is 1. The molecule has 1 saturated heterocycles. The molecule has 6 nitrogen and oxygen atoms in total. The van der Waals surface area contributed by atoms with Crippen LogP contribution in [0.1, 0.15) is 64.7 Å². The van der Waals surface area contributed by atoms with Crippen molar-refractivity contribution in [1.82, 2.24) is 4.90 Å². The van der Waals surface area contributed by atoms with Crippen molar-refractivity contribution in [3.05, 3.63) is 95.6 Å². The average molecular weight is 556 g/mol. The van der Waals surface area contributed by atoms with Gasteiger partial charge in [0.1, 0.15) is 19.0 Å². The molecule has 3 aromatic rings. The Kier molecular flexibility index (Phi) is 9.62. The first kappa shape index (κ1) is 30.4. The Morgan fingerprint density at radius 3 is 1.88 bits per heavy atom. The summed E-state index contributed by atoms with van der Waals surface area (Å²) < 4.78 is 23.6. The van der Waals surface area contributed by atoms with E-state index in [1.54, 1.807) is 7.05 Å². The van der Waals surface area contributed by atoms with E-state index in [1.807, 2.05) is 25.1 Å². The van der Waals surface area contributed by atoms with Crippen LogP contribution in [0.25, 0.3) is 11.1 Å². The van der Waals surface area contributed by atoms with Gasteiger partial charge >= 0.3 is 13.2 Å². The van der Waals surface area contributed by atoms with Crippen LogP contribution in [-0.2, 0) is 14.0 Å². The number of rotatable bonds is 10. The van der Waals surface area contributed by atoms with Gasteiger partial charge in [0, 0.05) is 13.6 Å². The minimum Gasteiger partial charge on any atom is -0.490 e. The summed E-state index contributed by atoms with van der Waals surface area (Å²) in [5.74, 6) is 0.724. The van der Waals surface area contributed by atoms with Crippen molar-refractivity contribution in [2.45, 2.75) is 59.2 Å². The highest BCUT2D eigenvalue weighted by molar-refractivity contribution is 6.62. The second kappa shape index (κ2) is 13.0. The lowest BCUT2D eigenvalue weighted by molar-refractivity contribution is 0.00578. The number of allylic oxidation sites excluding steroid dienone is 1. The second-order valence-electron chi connectivity index (χ2n) is 11.3. The molecule has 0 N–H and O–H groups in total. The number of ether oxygens (including phenoxy) is 2. The van der Waals surface area contributed by atoms with Crippen molar-refractivity contribution < 1.29 is 23.6 Å². The normalized spacial score (nSPS) is 16.2. The molecule has 1 aliphatic rings. The molecule has 0 unspecified atom stereocenters. The monoisotopic (exact) mass is 555 g/mol. The molecule has 4 rings (SSSR count). The molecule has 0 spiro atoms. The number of benzene rings is 3. The molecule has 216 valence electrons. The van der Waals surface area contributed by atoms with Gasteiger partial charge in [-0.05, 0) is 86.5 Å². The third-order valence-corrected chi connectivity index (χ3v) is 8.01. The Labute approximate surface area is 245 Å². The predicted molar refractivity (Wildman–Crippen MR) is 166 cm³/mol. The zero-order chi connectivity index (χ0) is 29.6. The molecule has 1 fully saturated rings. The number of amides is 1. The second-order valence-corrected chi connectivity index (χ2v) is 11.3. The highest BCUT2D eigenvalue weighted by Gasteiger charge is 2.51. The summed E-state index contributed by atoms with van der Waals surface area (Å²) in [7, 11) is 1.30. The molecule has 0 aromatic heterocycles. The lowest BCUT2D eigenvalue weighted by Gasteiger charge is -2.32. The maximum atomic E-state index is 11.8. The first-order chi connectivity index (χ1) is 19.6. The van der Waals surface area contributed by atoms with E-state index >= 15 is 0 Å². The van der Waals surface area contributed by atoms with Crippen LogP contribution in [0.5, 0.6) is 5.75 Å². The largest absolute Gasteiger partial charge is 0.494 e. The Morgan fingerprint density at radius 2 is 1.34 bits per heavy atom. The third kappa shape index (κ3) is 7.03. The molecule has 1 heterocycles. The highest BCUT2D eigenvalue weighted by atomic mass is 16.7. The summed E-state index contributed by atoms with van der Waals surface area (Å²) in [5, 5.41) is 0. The zero-order valence-electron chi connectivity index (χ0n) is 25.4. The van der Waals surface area contributed by atoms with Gasteiger partial charge in [-0.25, -0.2) is 4.79 Å². The van der Waals surface area contributed by atoms with Crippen molar-refractivity contribution >= 4 is 29.8 Å². The van der Waals surface area contributed by atoms with E-state index in [9.17, 15) is 4.79 Å². The third-order valence-electron chi connectivity index (χ3n) is 8.01. The van der Waals surface area contributed by atoms with Crippen LogP contribution in [0, 0.1) is 0 Å². The number of carbonyl (C=O) groups excluding carboxylic acids is 1. The molecule has 0 atom stereocenters. The Balaban J connectivity index is 1.59. The van der Waals surface area contributed by atoms with Gasteiger partial charge in [-0.2, -0.15) is 0 Å². The average Bonchev–Trinajstić information content (AvgIpc) is 3.20. The maximum absolute atomic E-state index is 11.8. The first-order valence-electron chi connectivity index (χ1n) is 14.4. The van der Waals surface area contributed by atoms with Gasteiger partial charge in [0.2, 0.25) is 0 Å². The van der Waals surface area contributed by atoms with Crippen LogP contribution in [0.3, 0.4) is 0 Å². The fraction of sp³-hybridized carbons (Fsp3) is 0.382. The molecule has 1 aliphatic heterocycles. The van der Waals surface area contributed by atoms with Gasteiger partial charge in [-0.1, -0.05) is 73.7 Å². The molecular formula is C34H42BNO5. The van der Waals surface area contributed by atoms with Crippen molar-refractivity contribution in [2.75, 3.05) is 26.8 Å². The summed E-state index contributed by atoms with van der Waals surface area (Å²) in [6.45, 7) is 13.5. The smallest absolute Gasteiger partial charge is 0.490 e. The van der Waals surface area contributed by atoms with Crippen LogP contribution >= 0.6 is 0 Å². The maximum Gasteiger partial charge on any atom is 0.494 e. The minimum atomic E-state index is -0.403. The van der Waals surface area contributed by atoms with E-state index in [-0.39, 0.29) is 30.5 Å². The van der Waals surface area contributed by atoms with Crippen molar-refractivity contribution in [3.8, 4) is 5.75 Å². The summed E-state index contributed by atoms with van der Waals surface area (Å²) in [6.07, 6.45) is 0.521. The zero-order valence-corrected chi connectivity index (χ0v) is 25.4. The molecule has 41 heavy (non-hydrogen) atoms. The summed E-state index contributed by atoms with van der Waals surface area (Å²) >= 11 is 0. The van der Waals surface area contributed by atoms with Gasteiger partial charge in [0.05, 0.1) is 11.2 Å². The first-order valence-corrected chi connectivity index (χ1v) is 14.4. The number of hydrogen-bond donors (Lipinski definition) is 0. The molecule has 0 bridgehead atoms. The van der Waals surface area contributed by atoms with Gasteiger partial charge in [-0.15, -0.1) is 0 Å². The molecule has 0 radical (unpaired) electrons. The van der Waals surface area contributed by atoms with E-state index in [1.165, 1.54) is 21.6 Å². The molecule has 7 heteroatoms. The highest BCUT2D eigenvalue weighted by Crippen LogP contribution is 2.37. The molecule has 1 amide bonds. The minimum absolute atomic E-state index is 0.194. The predicted octanol–water partition coefficient (Wildman–Crippen LogP) is 6.82. The van der Waals surface area contributed by atoms with Crippen molar-refractivity contribution in [2.24, 2.45) is 0 Å². The summed E-state index contributed by atoms with van der Waals surface area (Å²) in [4.78, 5) is 13.3. The SMILES string of the molecule is CC/C(=C(/c1ccc(OCCOC(=O)N(C)CC)cc1)c1ccc(B2OC(C)(C)C(C)(C)O2)cc1)c1ccccc1. The lowest BCUT2D eigenvalue weighted by atomic mass is 9.78. The van der Waals surface area contributed by atoms with Gasteiger partial charge < -0.3 is 23.7 Å². The fourth-order valence-electron chi connectivity index (χ4n) is 4.71. The molecular weight excluding hydrogens is 513 g/mol. The molecule has 0 aliphatic carbocycles. The summed E-state index contributed by atoms with van der Waals surface area (Å²) in [5.41, 5.74) is 6.06. The quantitative estimate of drug-likeness (QED) is 0.156. The van der Waals surface area contributed by atoms with Crippen LogP contribution in [0.2, 0.25) is 0 Å². The van der Waals surface area contributed by atoms with E-state index in [0.717, 1.165) is 28.8 Å².